The number of hydrogen-bond acceptors (Lipinski definition) is 5. The van der Waals surface area contributed by atoms with Crippen LogP contribution in [0.25, 0.3) is 0 Å². The van der Waals surface area contributed by atoms with Gasteiger partial charge in [0.05, 0.1) is 13.0 Å². The molecule has 4 fully saturated rings. The molecule has 3 aromatic carbocycles. The number of anilines is 3. The summed E-state index contributed by atoms with van der Waals surface area (Å²) in [4.78, 5) is 53.9. The fourth-order valence-electron chi connectivity index (χ4n) is 8.48. The van der Waals surface area contributed by atoms with Gasteiger partial charge in [-0.05, 0) is 110 Å². The highest BCUT2D eigenvalue weighted by Crippen LogP contribution is 2.61. The molecule has 3 aromatic rings. The van der Waals surface area contributed by atoms with Crippen LogP contribution in [0.1, 0.15) is 50.5 Å². The molecule has 0 heterocycles. The first kappa shape index (κ1) is 33.1. The molecule has 4 aliphatic rings. The third-order valence-corrected chi connectivity index (χ3v) is 10.3. The third-order valence-electron chi connectivity index (χ3n) is 10.3. The van der Waals surface area contributed by atoms with E-state index < -0.39 is 12.0 Å². The monoisotopic (exact) mass is 652 g/mol. The predicted molar refractivity (Wildman–Crippen MR) is 184 cm³/mol. The summed E-state index contributed by atoms with van der Waals surface area (Å²) in [5.74, 6) is 1.43. The third kappa shape index (κ3) is 8.16. The Balaban J connectivity index is 1.13. The van der Waals surface area contributed by atoms with E-state index in [0.29, 0.717) is 29.2 Å². The first-order chi connectivity index (χ1) is 23.1. The van der Waals surface area contributed by atoms with Crippen molar-refractivity contribution in [2.45, 2.75) is 51.4 Å². The van der Waals surface area contributed by atoms with E-state index in [1.165, 1.54) is 38.5 Å². The van der Waals surface area contributed by atoms with Gasteiger partial charge in [0, 0.05) is 36.7 Å². The Kier molecular flexibility index (Phi) is 9.98. The van der Waals surface area contributed by atoms with Gasteiger partial charge in [0.2, 0.25) is 5.91 Å². The quantitative estimate of drug-likeness (QED) is 0.204. The lowest BCUT2D eigenvalue weighted by molar-refractivity contribution is -0.136. The molecule has 252 valence electrons. The Morgan fingerprint density at radius 1 is 0.833 bits per heavy atom. The highest BCUT2D eigenvalue weighted by atomic mass is 16.5. The minimum Gasteiger partial charge on any atom is -0.484 e. The van der Waals surface area contributed by atoms with Crippen LogP contribution < -0.4 is 25.2 Å². The number of rotatable bonds is 13. The summed E-state index contributed by atoms with van der Waals surface area (Å²) in [6, 6.07) is 22.6. The number of hydrogen-bond donors (Lipinski definition) is 3. The Bertz CT molecular complexity index is 1610. The van der Waals surface area contributed by atoms with Crippen molar-refractivity contribution in [3.05, 3.63) is 84.4 Å². The minimum atomic E-state index is -0.962. The molecule has 4 bridgehead atoms. The van der Waals surface area contributed by atoms with Crippen molar-refractivity contribution in [2.24, 2.45) is 23.2 Å². The van der Waals surface area contributed by atoms with Crippen molar-refractivity contribution in [3.63, 3.8) is 0 Å². The lowest BCUT2D eigenvalue weighted by atomic mass is 9.49. The van der Waals surface area contributed by atoms with Crippen LogP contribution in [-0.4, -0.2) is 55.7 Å². The number of benzene rings is 3. The van der Waals surface area contributed by atoms with Crippen LogP contribution in [0.15, 0.2) is 78.9 Å². The maximum Gasteiger partial charge on any atom is 0.319 e. The van der Waals surface area contributed by atoms with Gasteiger partial charge in [0.1, 0.15) is 5.75 Å². The molecule has 7 rings (SSSR count). The largest absolute Gasteiger partial charge is 0.484 e. The van der Waals surface area contributed by atoms with Gasteiger partial charge < -0.3 is 30.3 Å². The van der Waals surface area contributed by atoms with E-state index in [9.17, 15) is 19.2 Å². The number of carboxylic acids is 1. The van der Waals surface area contributed by atoms with Crippen molar-refractivity contribution in [3.8, 4) is 5.75 Å². The van der Waals surface area contributed by atoms with E-state index in [-0.39, 0.29) is 36.8 Å². The van der Waals surface area contributed by atoms with Crippen LogP contribution in [0, 0.1) is 23.2 Å². The second-order valence-corrected chi connectivity index (χ2v) is 13.9. The summed E-state index contributed by atoms with van der Waals surface area (Å²) >= 11 is 0. The first-order valence-electron chi connectivity index (χ1n) is 16.9. The van der Waals surface area contributed by atoms with Crippen LogP contribution in [0.5, 0.6) is 5.75 Å². The summed E-state index contributed by atoms with van der Waals surface area (Å²) in [7, 11) is 1.71. The molecule has 0 aliphatic heterocycles. The molecule has 0 spiro atoms. The smallest absolute Gasteiger partial charge is 0.319 e. The molecule has 0 aromatic heterocycles. The average Bonchev–Trinajstić information content (AvgIpc) is 3.06. The Morgan fingerprint density at radius 2 is 1.50 bits per heavy atom. The van der Waals surface area contributed by atoms with Crippen molar-refractivity contribution in [2.75, 3.05) is 41.9 Å². The number of aliphatic carboxylic acids is 1. The second kappa shape index (κ2) is 14.5. The van der Waals surface area contributed by atoms with Crippen molar-refractivity contribution < 1.29 is 29.0 Å². The van der Waals surface area contributed by atoms with Gasteiger partial charge in [-0.3, -0.25) is 14.4 Å². The highest BCUT2D eigenvalue weighted by Gasteiger charge is 2.50. The fraction of sp³-hybridized carbons (Fsp3) is 0.421. The summed E-state index contributed by atoms with van der Waals surface area (Å²) in [5.41, 5.74) is 2.67. The molecule has 4 amide bonds. The van der Waals surface area contributed by atoms with E-state index in [1.54, 1.807) is 53.2 Å². The normalized spacial score (nSPS) is 22.1. The number of carbonyl (C=O) groups is 4. The topological polar surface area (TPSA) is 128 Å². The summed E-state index contributed by atoms with van der Waals surface area (Å²) in [6.07, 6.45) is 8.45. The summed E-state index contributed by atoms with van der Waals surface area (Å²) < 4.78 is 5.91. The standard InChI is InChI=1S/C38H44N4O6/c1-41(31-9-3-2-4-10-31)35(44)25-48-33-12-6-11-32(20-33)42(14-13-38-21-27-15-28(22-38)17-29(16-27)23-38)34(43)24-39-37(47)40-30-8-5-7-26(18-30)19-36(45)46/h2-12,18,20,27-29H,13-17,19,21-25H2,1H3,(H,45,46)(H2,39,40,47). The summed E-state index contributed by atoms with van der Waals surface area (Å²) in [6.45, 7) is 0.128. The molecule has 0 radical (unpaired) electrons. The van der Waals surface area contributed by atoms with E-state index in [1.807, 2.05) is 42.5 Å². The number of urea groups is 1. The maximum absolute atomic E-state index is 13.8. The Labute approximate surface area is 281 Å². The lowest BCUT2D eigenvalue weighted by Crippen LogP contribution is -2.48. The SMILES string of the molecule is CN(C(=O)COc1cccc(N(CCC23CC4CC(CC(C4)C2)C3)C(=O)CNC(=O)Nc2cccc(CC(=O)O)c2)c1)c1ccccc1. The molecule has 4 saturated carbocycles. The zero-order valence-electron chi connectivity index (χ0n) is 27.4. The predicted octanol–water partition coefficient (Wildman–Crippen LogP) is 6.12. The molecule has 0 saturated heterocycles. The summed E-state index contributed by atoms with van der Waals surface area (Å²) in [5, 5.41) is 14.5. The Morgan fingerprint density at radius 3 is 2.19 bits per heavy atom. The average molecular weight is 653 g/mol. The van der Waals surface area contributed by atoms with Gasteiger partial charge in [-0.2, -0.15) is 0 Å². The number of carboxylic acid groups (broad SMARTS) is 1. The maximum atomic E-state index is 13.8. The van der Waals surface area contributed by atoms with Crippen LogP contribution in [0.3, 0.4) is 0 Å². The van der Waals surface area contributed by atoms with Crippen LogP contribution in [0.2, 0.25) is 0 Å². The second-order valence-electron chi connectivity index (χ2n) is 13.9. The number of likely N-dealkylation sites (N-methyl/N-ethyl adjacent to an activating group) is 1. The van der Waals surface area contributed by atoms with Crippen LogP contribution in [0.4, 0.5) is 21.9 Å². The molecular weight excluding hydrogens is 608 g/mol. The molecular formula is C38H44N4O6. The van der Waals surface area contributed by atoms with Gasteiger partial charge in [-0.25, -0.2) is 4.79 Å². The van der Waals surface area contributed by atoms with Crippen molar-refractivity contribution in [1.82, 2.24) is 5.32 Å². The Hall–Kier alpha value is -4.86. The molecule has 4 aliphatic carbocycles. The zero-order chi connectivity index (χ0) is 33.7. The van der Waals surface area contributed by atoms with Crippen molar-refractivity contribution in [1.29, 1.82) is 0 Å². The molecule has 0 unspecified atom stereocenters. The highest BCUT2D eigenvalue weighted by molar-refractivity contribution is 5.99. The number of ether oxygens (including phenoxy) is 1. The van der Waals surface area contributed by atoms with Gasteiger partial charge in [0.25, 0.3) is 5.91 Å². The van der Waals surface area contributed by atoms with Gasteiger partial charge in [0.15, 0.2) is 6.61 Å². The lowest BCUT2D eigenvalue weighted by Gasteiger charge is -2.57. The van der Waals surface area contributed by atoms with E-state index in [2.05, 4.69) is 10.6 Å². The van der Waals surface area contributed by atoms with Gasteiger partial charge in [-0.1, -0.05) is 36.4 Å². The zero-order valence-corrected chi connectivity index (χ0v) is 27.4. The fourth-order valence-corrected chi connectivity index (χ4v) is 8.48. The molecule has 0 atom stereocenters. The number of carbonyl (C=O) groups excluding carboxylic acids is 3. The number of amides is 4. The van der Waals surface area contributed by atoms with Crippen molar-refractivity contribution >= 4 is 40.9 Å². The van der Waals surface area contributed by atoms with Gasteiger partial charge >= 0.3 is 12.0 Å². The molecule has 3 N–H and O–H groups in total. The number of nitrogens with one attached hydrogen (secondary N) is 2. The first-order valence-corrected chi connectivity index (χ1v) is 16.9. The molecule has 10 nitrogen and oxygen atoms in total. The molecule has 48 heavy (non-hydrogen) atoms. The van der Waals surface area contributed by atoms with E-state index in [0.717, 1.165) is 29.9 Å². The van der Waals surface area contributed by atoms with Crippen LogP contribution >= 0.6 is 0 Å². The van der Waals surface area contributed by atoms with Crippen LogP contribution in [-0.2, 0) is 20.8 Å². The number of para-hydroxylation sites is 1. The minimum absolute atomic E-state index is 0.158. The van der Waals surface area contributed by atoms with Gasteiger partial charge in [-0.15, -0.1) is 0 Å². The number of nitrogens with zero attached hydrogens (tertiary/aromatic N) is 2. The van der Waals surface area contributed by atoms with E-state index >= 15 is 0 Å². The molecule has 10 heteroatoms. The van der Waals surface area contributed by atoms with E-state index in [4.69, 9.17) is 9.84 Å².